The highest BCUT2D eigenvalue weighted by Gasteiger charge is 2.39. The number of hydrogen-bond acceptors (Lipinski definition) is 4. The molecule has 3 aromatic rings. The number of rotatable bonds is 4. The zero-order valence-electron chi connectivity index (χ0n) is 14.8. The first kappa shape index (κ1) is 18.7. The number of nitrogens with zero attached hydrogens (tertiary/aromatic N) is 3. The molecule has 1 aromatic carbocycles. The number of aromatic nitrogens is 3. The molecule has 5 nitrogen and oxygen atoms in total. The quantitative estimate of drug-likeness (QED) is 0.692. The van der Waals surface area contributed by atoms with Crippen LogP contribution in [-0.2, 0) is 25.6 Å². The number of amides is 1. The van der Waals surface area contributed by atoms with Crippen molar-refractivity contribution in [3.8, 4) is 0 Å². The molecule has 0 fully saturated rings. The fraction of sp³-hybridized carbons (Fsp3) is 0.316. The zero-order valence-corrected chi connectivity index (χ0v) is 15.6. The normalized spacial score (nSPS) is 14.0. The number of para-hydroxylation sites is 1. The van der Waals surface area contributed by atoms with Crippen LogP contribution >= 0.6 is 11.3 Å². The number of thiazole rings is 1. The first-order chi connectivity index (χ1) is 13.4. The Balaban J connectivity index is 1.54. The van der Waals surface area contributed by atoms with Crippen LogP contribution in [0.2, 0.25) is 0 Å². The van der Waals surface area contributed by atoms with Gasteiger partial charge in [0.05, 0.1) is 6.54 Å². The fourth-order valence-corrected chi connectivity index (χ4v) is 4.12. The van der Waals surface area contributed by atoms with E-state index in [2.05, 4.69) is 15.4 Å². The summed E-state index contributed by atoms with van der Waals surface area (Å²) in [7, 11) is 0. The molecular formula is C19H17F3N4OS. The Morgan fingerprint density at radius 2 is 1.93 bits per heavy atom. The Morgan fingerprint density at radius 1 is 1.18 bits per heavy atom. The average Bonchev–Trinajstić information content (AvgIpc) is 3.28. The van der Waals surface area contributed by atoms with Crippen molar-refractivity contribution < 1.29 is 18.0 Å². The minimum absolute atomic E-state index is 0.127. The number of nitrogens with one attached hydrogen (secondary N) is 1. The minimum Gasteiger partial charge on any atom is -0.321 e. The Morgan fingerprint density at radius 3 is 2.68 bits per heavy atom. The number of halogens is 3. The molecule has 2 heterocycles. The lowest BCUT2D eigenvalue weighted by Gasteiger charge is -2.14. The summed E-state index contributed by atoms with van der Waals surface area (Å²) in [6, 6.07) is 8.98. The van der Waals surface area contributed by atoms with E-state index in [1.165, 1.54) is 16.0 Å². The van der Waals surface area contributed by atoms with Gasteiger partial charge in [-0.3, -0.25) is 9.48 Å². The average molecular weight is 406 g/mol. The molecule has 28 heavy (non-hydrogen) atoms. The van der Waals surface area contributed by atoms with Gasteiger partial charge in [0.25, 0.3) is 5.91 Å². The van der Waals surface area contributed by atoms with Gasteiger partial charge in [-0.15, -0.1) is 11.3 Å². The Labute approximate surface area is 163 Å². The number of anilines is 1. The SMILES string of the molecule is O=C(Nc1ccccc1)c1csc(Cn2nc(C(F)(F)F)c3c2CCCC3)n1. The van der Waals surface area contributed by atoms with Crippen LogP contribution in [0, 0.1) is 0 Å². The molecule has 146 valence electrons. The molecular weight excluding hydrogens is 389 g/mol. The molecule has 1 N–H and O–H groups in total. The van der Waals surface area contributed by atoms with Crippen LogP contribution in [0.3, 0.4) is 0 Å². The van der Waals surface area contributed by atoms with Crippen LogP contribution in [-0.4, -0.2) is 20.7 Å². The second-order valence-corrected chi connectivity index (χ2v) is 7.53. The topological polar surface area (TPSA) is 59.8 Å². The molecule has 1 amide bonds. The summed E-state index contributed by atoms with van der Waals surface area (Å²) in [4.78, 5) is 16.6. The minimum atomic E-state index is -4.46. The maximum Gasteiger partial charge on any atom is 0.435 e. The third-order valence-electron chi connectivity index (χ3n) is 4.63. The van der Waals surface area contributed by atoms with Crippen LogP contribution < -0.4 is 5.32 Å². The standard InChI is InChI=1S/C19H17F3N4OS/c20-19(21,22)17-13-8-4-5-9-15(13)26(25-17)10-16-24-14(11-28-16)18(27)23-12-6-2-1-3-7-12/h1-3,6-7,11H,4-5,8-10H2,(H,23,27). The van der Waals surface area contributed by atoms with Crippen molar-refractivity contribution in [2.24, 2.45) is 0 Å². The lowest BCUT2D eigenvalue weighted by atomic mass is 9.95. The summed E-state index contributed by atoms with van der Waals surface area (Å²) in [5.41, 5.74) is 1.03. The molecule has 0 atom stereocenters. The molecule has 0 saturated carbocycles. The predicted molar refractivity (Wildman–Crippen MR) is 99.5 cm³/mol. The highest BCUT2D eigenvalue weighted by atomic mass is 32.1. The zero-order chi connectivity index (χ0) is 19.7. The summed E-state index contributed by atoms with van der Waals surface area (Å²) < 4.78 is 41.3. The number of alkyl halides is 3. The highest BCUT2D eigenvalue weighted by molar-refractivity contribution is 7.09. The van der Waals surface area contributed by atoms with Crippen LogP contribution in [0.25, 0.3) is 0 Å². The summed E-state index contributed by atoms with van der Waals surface area (Å²) in [6.07, 6.45) is -1.91. The van der Waals surface area contributed by atoms with Gasteiger partial charge in [0.15, 0.2) is 5.69 Å². The molecule has 0 spiro atoms. The Hall–Kier alpha value is -2.68. The number of fused-ring (bicyclic) bond motifs is 1. The number of carbonyl (C=O) groups is 1. The first-order valence-electron chi connectivity index (χ1n) is 8.88. The van der Waals surface area contributed by atoms with Gasteiger partial charge in [-0.1, -0.05) is 18.2 Å². The molecule has 0 saturated heterocycles. The van der Waals surface area contributed by atoms with Gasteiger partial charge in [0, 0.05) is 22.3 Å². The van der Waals surface area contributed by atoms with E-state index in [0.717, 1.165) is 12.8 Å². The molecule has 0 radical (unpaired) electrons. The van der Waals surface area contributed by atoms with Gasteiger partial charge in [0.2, 0.25) is 0 Å². The second-order valence-electron chi connectivity index (χ2n) is 6.58. The van der Waals surface area contributed by atoms with Crippen molar-refractivity contribution in [2.75, 3.05) is 5.32 Å². The van der Waals surface area contributed by atoms with Gasteiger partial charge in [0.1, 0.15) is 10.7 Å². The predicted octanol–water partition coefficient (Wildman–Crippen LogP) is 4.54. The van der Waals surface area contributed by atoms with Gasteiger partial charge >= 0.3 is 6.18 Å². The van der Waals surface area contributed by atoms with Crippen molar-refractivity contribution in [1.82, 2.24) is 14.8 Å². The van der Waals surface area contributed by atoms with Crippen molar-refractivity contribution >= 4 is 22.9 Å². The van der Waals surface area contributed by atoms with Crippen molar-refractivity contribution in [2.45, 2.75) is 38.4 Å². The maximum atomic E-state index is 13.3. The summed E-state index contributed by atoms with van der Waals surface area (Å²) in [5.74, 6) is -0.354. The van der Waals surface area contributed by atoms with E-state index in [1.54, 1.807) is 29.6 Å². The molecule has 1 aliphatic carbocycles. The van der Waals surface area contributed by atoms with E-state index in [0.29, 0.717) is 34.8 Å². The van der Waals surface area contributed by atoms with E-state index < -0.39 is 11.9 Å². The molecule has 0 aliphatic heterocycles. The summed E-state index contributed by atoms with van der Waals surface area (Å²) >= 11 is 1.24. The third-order valence-corrected chi connectivity index (χ3v) is 5.46. The van der Waals surface area contributed by atoms with E-state index in [1.807, 2.05) is 6.07 Å². The Bertz CT molecular complexity index is 995. The van der Waals surface area contributed by atoms with Gasteiger partial charge in [-0.05, 0) is 37.8 Å². The molecule has 4 rings (SSSR count). The highest BCUT2D eigenvalue weighted by Crippen LogP contribution is 2.36. The smallest absolute Gasteiger partial charge is 0.321 e. The van der Waals surface area contributed by atoms with Crippen LogP contribution in [0.15, 0.2) is 35.7 Å². The van der Waals surface area contributed by atoms with Gasteiger partial charge in [-0.25, -0.2) is 4.98 Å². The first-order valence-corrected chi connectivity index (χ1v) is 9.76. The molecule has 2 aromatic heterocycles. The van der Waals surface area contributed by atoms with Crippen molar-refractivity contribution in [1.29, 1.82) is 0 Å². The summed E-state index contributed by atoms with van der Waals surface area (Å²) in [5, 5.41) is 8.73. The molecule has 9 heteroatoms. The maximum absolute atomic E-state index is 13.3. The number of benzene rings is 1. The molecule has 0 unspecified atom stereocenters. The number of carbonyl (C=O) groups excluding carboxylic acids is 1. The van der Waals surface area contributed by atoms with Crippen molar-refractivity contribution in [3.05, 3.63) is 63.4 Å². The molecule has 1 aliphatic rings. The second kappa shape index (κ2) is 7.38. The summed E-state index contributed by atoms with van der Waals surface area (Å²) in [6.45, 7) is 0.127. The van der Waals surface area contributed by atoms with Crippen molar-refractivity contribution in [3.63, 3.8) is 0 Å². The van der Waals surface area contributed by atoms with Crippen LogP contribution in [0.4, 0.5) is 18.9 Å². The van der Waals surface area contributed by atoms with E-state index >= 15 is 0 Å². The van der Waals surface area contributed by atoms with Gasteiger partial charge in [-0.2, -0.15) is 18.3 Å². The third kappa shape index (κ3) is 3.80. The van der Waals surface area contributed by atoms with Gasteiger partial charge < -0.3 is 5.32 Å². The van der Waals surface area contributed by atoms with E-state index in [9.17, 15) is 18.0 Å². The largest absolute Gasteiger partial charge is 0.435 e. The number of hydrogen-bond donors (Lipinski definition) is 1. The van der Waals surface area contributed by atoms with E-state index in [4.69, 9.17) is 0 Å². The Kier molecular flexibility index (Phi) is 4.92. The lowest BCUT2D eigenvalue weighted by Crippen LogP contribution is -2.13. The van der Waals surface area contributed by atoms with E-state index in [-0.39, 0.29) is 18.1 Å². The van der Waals surface area contributed by atoms with Crippen LogP contribution in [0.1, 0.15) is 45.3 Å². The fourth-order valence-electron chi connectivity index (χ4n) is 3.36. The molecule has 0 bridgehead atoms. The lowest BCUT2D eigenvalue weighted by molar-refractivity contribution is -0.142. The monoisotopic (exact) mass is 406 g/mol. The van der Waals surface area contributed by atoms with Crippen LogP contribution in [0.5, 0.6) is 0 Å².